The van der Waals surface area contributed by atoms with E-state index in [0.717, 1.165) is 41.8 Å². The minimum absolute atomic E-state index is 0.108. The normalized spacial score (nSPS) is 11.3. The minimum atomic E-state index is 0.108. The number of nitrogen functional groups attached to an aromatic ring is 1. The van der Waals surface area contributed by atoms with Crippen LogP contribution in [0, 0.1) is 0 Å². The predicted molar refractivity (Wildman–Crippen MR) is 126 cm³/mol. The molecule has 2 aromatic carbocycles. The van der Waals surface area contributed by atoms with E-state index in [1.807, 2.05) is 28.8 Å². The first-order valence-electron chi connectivity index (χ1n) is 10.6. The molecule has 4 aromatic rings. The molecule has 7 nitrogen and oxygen atoms in total. The number of imidazole rings is 1. The lowest BCUT2D eigenvalue weighted by molar-refractivity contribution is 0.0978. The van der Waals surface area contributed by atoms with Crippen LogP contribution in [0.5, 0.6) is 0 Å². The second-order valence-corrected chi connectivity index (χ2v) is 7.85. The van der Waals surface area contributed by atoms with Crippen LogP contribution >= 0.6 is 11.6 Å². The average Bonchev–Trinajstić information content (AvgIpc) is 3.22. The molecule has 0 bridgehead atoms. The van der Waals surface area contributed by atoms with Gasteiger partial charge >= 0.3 is 0 Å². The van der Waals surface area contributed by atoms with E-state index in [-0.39, 0.29) is 11.1 Å². The number of anilines is 1. The van der Waals surface area contributed by atoms with Gasteiger partial charge in [-0.25, -0.2) is 4.98 Å². The summed E-state index contributed by atoms with van der Waals surface area (Å²) in [7, 11) is 0. The van der Waals surface area contributed by atoms with Gasteiger partial charge in [0.15, 0.2) is 10.8 Å². The van der Waals surface area contributed by atoms with E-state index in [9.17, 15) is 0 Å². The number of rotatable bonds is 10. The molecule has 0 aliphatic rings. The molecule has 0 unspecified atom stereocenters. The largest absolute Gasteiger partial charge is 0.377 e. The summed E-state index contributed by atoms with van der Waals surface area (Å²) < 4.78 is 13.7. The average molecular weight is 452 g/mol. The summed E-state index contributed by atoms with van der Waals surface area (Å²) in [5, 5.41) is 0.235. The van der Waals surface area contributed by atoms with E-state index < -0.39 is 0 Å². The molecule has 0 atom stereocenters. The summed E-state index contributed by atoms with van der Waals surface area (Å²) in [6, 6.07) is 16.2. The maximum atomic E-state index is 6.19. The number of hydrogen-bond acceptors (Lipinski definition) is 6. The fraction of sp³-hybridized carbons (Fsp3) is 0.292. The molecule has 0 aliphatic heterocycles. The van der Waals surface area contributed by atoms with Gasteiger partial charge in [-0.15, -0.1) is 0 Å². The van der Waals surface area contributed by atoms with Gasteiger partial charge in [0, 0.05) is 12.3 Å². The van der Waals surface area contributed by atoms with E-state index >= 15 is 0 Å². The third-order valence-corrected chi connectivity index (χ3v) is 5.37. The lowest BCUT2D eigenvalue weighted by Gasteiger charge is -2.14. The Morgan fingerprint density at radius 3 is 2.59 bits per heavy atom. The zero-order valence-electron chi connectivity index (χ0n) is 18.0. The van der Waals surface area contributed by atoms with Crippen molar-refractivity contribution in [3.8, 4) is 5.69 Å². The van der Waals surface area contributed by atoms with Crippen LogP contribution in [0.25, 0.3) is 16.9 Å². The standard InChI is InChI=1S/C24H26ClN5O2/c1-2-3-11-31-14-18-9-10-20(12-19(18)15-32-13-17-7-5-4-6-8-17)30-16-27-21-22(25)28-24(26)29-23(21)30/h4-10,12,16H,2-3,11,13-15H2,1H3,(H2,26,28,29). The molecule has 32 heavy (non-hydrogen) atoms. The van der Waals surface area contributed by atoms with Gasteiger partial charge in [-0.3, -0.25) is 4.57 Å². The smallest absolute Gasteiger partial charge is 0.223 e. The minimum Gasteiger partial charge on any atom is -0.377 e. The van der Waals surface area contributed by atoms with Crippen molar-refractivity contribution >= 4 is 28.7 Å². The number of unbranched alkanes of at least 4 members (excludes halogenated alkanes) is 1. The lowest BCUT2D eigenvalue weighted by atomic mass is 10.1. The van der Waals surface area contributed by atoms with Crippen molar-refractivity contribution in [2.24, 2.45) is 0 Å². The first kappa shape index (κ1) is 22.2. The molecule has 2 heterocycles. The number of hydrogen-bond donors (Lipinski definition) is 1. The van der Waals surface area contributed by atoms with Crippen LogP contribution in [0.4, 0.5) is 5.95 Å². The maximum absolute atomic E-state index is 6.19. The highest BCUT2D eigenvalue weighted by molar-refractivity contribution is 6.33. The highest BCUT2D eigenvalue weighted by Gasteiger charge is 2.14. The third kappa shape index (κ3) is 5.24. The Kier molecular flexibility index (Phi) is 7.32. The van der Waals surface area contributed by atoms with E-state index in [4.69, 9.17) is 26.8 Å². The van der Waals surface area contributed by atoms with Crippen molar-refractivity contribution in [1.82, 2.24) is 19.5 Å². The van der Waals surface area contributed by atoms with E-state index in [1.165, 1.54) is 0 Å². The van der Waals surface area contributed by atoms with Gasteiger partial charge in [0.25, 0.3) is 0 Å². The van der Waals surface area contributed by atoms with E-state index in [2.05, 4.69) is 46.1 Å². The Hall–Kier alpha value is -3.00. The summed E-state index contributed by atoms with van der Waals surface area (Å²) in [5.41, 5.74) is 11.0. The van der Waals surface area contributed by atoms with Crippen molar-refractivity contribution in [2.75, 3.05) is 12.3 Å². The lowest BCUT2D eigenvalue weighted by Crippen LogP contribution is -2.05. The zero-order valence-corrected chi connectivity index (χ0v) is 18.8. The molecule has 2 aromatic heterocycles. The van der Waals surface area contributed by atoms with Crippen LogP contribution in [-0.2, 0) is 29.3 Å². The molecule has 0 saturated carbocycles. The molecule has 0 radical (unpaired) electrons. The van der Waals surface area contributed by atoms with Crippen molar-refractivity contribution < 1.29 is 9.47 Å². The highest BCUT2D eigenvalue weighted by Crippen LogP contribution is 2.25. The SMILES string of the molecule is CCCCOCc1ccc(-n2cnc3c(Cl)nc(N)nc32)cc1COCc1ccccc1. The second kappa shape index (κ2) is 10.5. The molecule has 0 saturated heterocycles. The predicted octanol–water partition coefficient (Wildman–Crippen LogP) is 5.08. The van der Waals surface area contributed by atoms with E-state index in [0.29, 0.717) is 31.0 Å². The highest BCUT2D eigenvalue weighted by atomic mass is 35.5. The number of nitrogens with zero attached hydrogens (tertiary/aromatic N) is 4. The van der Waals surface area contributed by atoms with Gasteiger partial charge in [0.05, 0.1) is 19.8 Å². The van der Waals surface area contributed by atoms with Crippen molar-refractivity contribution in [3.63, 3.8) is 0 Å². The summed E-state index contributed by atoms with van der Waals surface area (Å²) in [5.74, 6) is 0.108. The second-order valence-electron chi connectivity index (χ2n) is 7.50. The number of nitrogens with two attached hydrogens (primary N) is 1. The topological polar surface area (TPSA) is 88.1 Å². The van der Waals surface area contributed by atoms with Gasteiger partial charge < -0.3 is 15.2 Å². The summed E-state index contributed by atoms with van der Waals surface area (Å²) in [6.45, 7) is 4.42. The third-order valence-electron chi connectivity index (χ3n) is 5.11. The fourth-order valence-electron chi connectivity index (χ4n) is 3.39. The Bertz CT molecular complexity index is 1180. The van der Waals surface area contributed by atoms with Crippen molar-refractivity contribution in [3.05, 3.63) is 76.7 Å². The molecular formula is C24H26ClN5O2. The molecule has 2 N–H and O–H groups in total. The summed E-state index contributed by atoms with van der Waals surface area (Å²) >= 11 is 6.19. The first-order valence-corrected chi connectivity index (χ1v) is 11.0. The fourth-order valence-corrected chi connectivity index (χ4v) is 3.61. The Morgan fingerprint density at radius 2 is 1.78 bits per heavy atom. The van der Waals surface area contributed by atoms with Gasteiger partial charge in [-0.1, -0.05) is 61.3 Å². The van der Waals surface area contributed by atoms with Gasteiger partial charge in [-0.05, 0) is 35.2 Å². The van der Waals surface area contributed by atoms with Gasteiger partial charge in [0.1, 0.15) is 11.8 Å². The molecule has 0 fully saturated rings. The zero-order chi connectivity index (χ0) is 22.3. The van der Waals surface area contributed by atoms with Crippen LogP contribution in [0.2, 0.25) is 5.15 Å². The number of fused-ring (bicyclic) bond motifs is 1. The maximum Gasteiger partial charge on any atom is 0.223 e. The van der Waals surface area contributed by atoms with Crippen LogP contribution in [0.1, 0.15) is 36.5 Å². The summed E-state index contributed by atoms with van der Waals surface area (Å²) in [6.07, 6.45) is 3.82. The van der Waals surface area contributed by atoms with Crippen molar-refractivity contribution in [2.45, 2.75) is 39.6 Å². The van der Waals surface area contributed by atoms with Crippen molar-refractivity contribution in [1.29, 1.82) is 0 Å². The Morgan fingerprint density at radius 1 is 0.969 bits per heavy atom. The van der Waals surface area contributed by atoms with E-state index in [1.54, 1.807) is 6.33 Å². The van der Waals surface area contributed by atoms with Crippen LogP contribution in [0.15, 0.2) is 54.9 Å². The van der Waals surface area contributed by atoms with Crippen LogP contribution in [-0.4, -0.2) is 26.1 Å². The molecule has 4 rings (SSSR count). The van der Waals surface area contributed by atoms with Crippen LogP contribution in [0.3, 0.4) is 0 Å². The number of ether oxygens (including phenoxy) is 2. The molecule has 0 amide bonds. The quantitative estimate of drug-likeness (QED) is 0.267. The summed E-state index contributed by atoms with van der Waals surface area (Å²) in [4.78, 5) is 12.7. The molecule has 0 spiro atoms. The number of aromatic nitrogens is 4. The molecule has 0 aliphatic carbocycles. The van der Waals surface area contributed by atoms with Gasteiger partial charge in [0.2, 0.25) is 5.95 Å². The Balaban J connectivity index is 1.60. The monoisotopic (exact) mass is 451 g/mol. The number of halogens is 1. The van der Waals surface area contributed by atoms with Gasteiger partial charge in [-0.2, -0.15) is 9.97 Å². The molecular weight excluding hydrogens is 426 g/mol. The first-order chi connectivity index (χ1) is 15.7. The molecule has 166 valence electrons. The van der Waals surface area contributed by atoms with Crippen LogP contribution < -0.4 is 5.73 Å². The Labute approximate surface area is 192 Å². The molecule has 8 heteroatoms. The number of benzene rings is 2.